The third kappa shape index (κ3) is 4.10. The highest BCUT2D eigenvalue weighted by molar-refractivity contribution is 5.76. The average Bonchev–Trinajstić information content (AvgIpc) is 2.30. The van der Waals surface area contributed by atoms with E-state index in [1.54, 1.807) is 19.1 Å². The minimum absolute atomic E-state index is 0.0403. The minimum atomic E-state index is 0.0403. The molecular weight excluding hydrogens is 206 g/mol. The van der Waals surface area contributed by atoms with Crippen molar-refractivity contribution in [1.29, 1.82) is 0 Å². The van der Waals surface area contributed by atoms with Gasteiger partial charge in [0.15, 0.2) is 0 Å². The molecule has 0 aromatic heterocycles. The lowest BCUT2D eigenvalue weighted by molar-refractivity contribution is -0.131. The predicted octanol–water partition coefficient (Wildman–Crippen LogP) is 1.03. The molecule has 1 saturated carbocycles. The van der Waals surface area contributed by atoms with Crippen molar-refractivity contribution in [2.75, 3.05) is 27.3 Å². The fourth-order valence-corrected chi connectivity index (χ4v) is 2.25. The summed E-state index contributed by atoms with van der Waals surface area (Å²) >= 11 is 0. The van der Waals surface area contributed by atoms with Crippen LogP contribution in [0.1, 0.15) is 32.1 Å². The largest absolute Gasteiger partial charge is 0.395 e. The Morgan fingerprint density at radius 3 is 2.50 bits per heavy atom. The highest BCUT2D eigenvalue weighted by Crippen LogP contribution is 2.28. The van der Waals surface area contributed by atoms with Crippen molar-refractivity contribution < 1.29 is 14.6 Å². The van der Waals surface area contributed by atoms with Crippen molar-refractivity contribution in [3.05, 3.63) is 0 Å². The molecule has 0 unspecified atom stereocenters. The van der Waals surface area contributed by atoms with Crippen LogP contribution in [0.2, 0.25) is 0 Å². The van der Waals surface area contributed by atoms with Gasteiger partial charge in [-0.2, -0.15) is 0 Å². The maximum absolute atomic E-state index is 11.7. The van der Waals surface area contributed by atoms with E-state index in [4.69, 9.17) is 9.84 Å². The molecule has 0 spiro atoms. The highest BCUT2D eigenvalue weighted by atomic mass is 16.5. The van der Waals surface area contributed by atoms with E-state index >= 15 is 0 Å². The van der Waals surface area contributed by atoms with Crippen LogP contribution in [-0.4, -0.2) is 49.3 Å². The molecule has 94 valence electrons. The molecule has 1 amide bonds. The number of amides is 1. The number of likely N-dealkylation sites (N-methyl/N-ethyl adjacent to an activating group) is 1. The number of carbonyl (C=O) groups excluding carboxylic acids is 1. The molecule has 1 aliphatic rings. The molecule has 0 aliphatic heterocycles. The van der Waals surface area contributed by atoms with E-state index in [1.807, 2.05) is 0 Å². The van der Waals surface area contributed by atoms with Crippen molar-refractivity contribution in [2.24, 2.45) is 5.92 Å². The fraction of sp³-hybridized carbons (Fsp3) is 0.917. The SMILES string of the molecule is COC1CCC(CC(=O)N(C)CCO)CC1. The number of nitrogens with zero attached hydrogens (tertiary/aromatic N) is 1. The lowest BCUT2D eigenvalue weighted by Crippen LogP contribution is -2.32. The van der Waals surface area contributed by atoms with E-state index in [2.05, 4.69) is 0 Å². The molecular formula is C12H23NO3. The van der Waals surface area contributed by atoms with Crippen LogP contribution in [0.4, 0.5) is 0 Å². The molecule has 0 bridgehead atoms. The van der Waals surface area contributed by atoms with Crippen LogP contribution in [0.5, 0.6) is 0 Å². The Balaban J connectivity index is 2.25. The Kier molecular flexibility index (Phi) is 5.77. The van der Waals surface area contributed by atoms with Crippen LogP contribution >= 0.6 is 0 Å². The monoisotopic (exact) mass is 229 g/mol. The molecule has 1 rings (SSSR count). The number of aliphatic hydroxyl groups excluding tert-OH is 1. The first kappa shape index (κ1) is 13.5. The van der Waals surface area contributed by atoms with Gasteiger partial charge in [-0.1, -0.05) is 0 Å². The van der Waals surface area contributed by atoms with Crippen molar-refractivity contribution in [1.82, 2.24) is 4.90 Å². The summed E-state index contributed by atoms with van der Waals surface area (Å²) in [5, 5.41) is 8.75. The van der Waals surface area contributed by atoms with Gasteiger partial charge in [-0.25, -0.2) is 0 Å². The van der Waals surface area contributed by atoms with E-state index in [0.29, 0.717) is 25.0 Å². The quantitative estimate of drug-likeness (QED) is 0.766. The van der Waals surface area contributed by atoms with Crippen LogP contribution in [-0.2, 0) is 9.53 Å². The van der Waals surface area contributed by atoms with Gasteiger partial charge in [-0.05, 0) is 31.6 Å². The lowest BCUT2D eigenvalue weighted by Gasteiger charge is -2.28. The van der Waals surface area contributed by atoms with Gasteiger partial charge in [0.2, 0.25) is 5.91 Å². The molecule has 1 aliphatic carbocycles. The maximum atomic E-state index is 11.7. The second-order valence-corrected chi connectivity index (χ2v) is 4.62. The summed E-state index contributed by atoms with van der Waals surface area (Å²) in [6.45, 7) is 0.477. The predicted molar refractivity (Wildman–Crippen MR) is 62.1 cm³/mol. The van der Waals surface area contributed by atoms with Crippen LogP contribution in [0.15, 0.2) is 0 Å². The Morgan fingerprint density at radius 1 is 1.38 bits per heavy atom. The first-order chi connectivity index (χ1) is 7.67. The number of carbonyl (C=O) groups is 1. The summed E-state index contributed by atoms with van der Waals surface area (Å²) in [6, 6.07) is 0. The number of ether oxygens (including phenoxy) is 1. The molecule has 1 N–H and O–H groups in total. The molecule has 0 heterocycles. The number of aliphatic hydroxyl groups is 1. The van der Waals surface area contributed by atoms with Crippen molar-refractivity contribution in [2.45, 2.75) is 38.2 Å². The molecule has 1 fully saturated rings. The van der Waals surface area contributed by atoms with Gasteiger partial charge in [0.05, 0.1) is 12.7 Å². The smallest absolute Gasteiger partial charge is 0.222 e. The molecule has 0 saturated heterocycles. The maximum Gasteiger partial charge on any atom is 0.222 e. The highest BCUT2D eigenvalue weighted by Gasteiger charge is 2.23. The van der Waals surface area contributed by atoms with Crippen molar-refractivity contribution in [3.8, 4) is 0 Å². The Bertz CT molecular complexity index is 212. The zero-order valence-electron chi connectivity index (χ0n) is 10.3. The number of hydrogen-bond acceptors (Lipinski definition) is 3. The van der Waals surface area contributed by atoms with E-state index in [0.717, 1.165) is 25.7 Å². The van der Waals surface area contributed by atoms with E-state index in [1.165, 1.54) is 0 Å². The zero-order valence-corrected chi connectivity index (χ0v) is 10.3. The van der Waals surface area contributed by atoms with Gasteiger partial charge in [0.1, 0.15) is 0 Å². The summed E-state index contributed by atoms with van der Waals surface area (Å²) in [6.07, 6.45) is 5.30. The third-order valence-corrected chi connectivity index (χ3v) is 3.45. The fourth-order valence-electron chi connectivity index (χ4n) is 2.25. The summed E-state index contributed by atoms with van der Waals surface area (Å²) < 4.78 is 5.30. The lowest BCUT2D eigenvalue weighted by atomic mass is 9.85. The van der Waals surface area contributed by atoms with Gasteiger partial charge in [-0.3, -0.25) is 4.79 Å². The van der Waals surface area contributed by atoms with Gasteiger partial charge in [-0.15, -0.1) is 0 Å². The summed E-state index contributed by atoms with van der Waals surface area (Å²) in [5.74, 6) is 0.648. The van der Waals surface area contributed by atoms with E-state index in [-0.39, 0.29) is 12.5 Å². The van der Waals surface area contributed by atoms with Crippen LogP contribution in [0.25, 0.3) is 0 Å². The summed E-state index contributed by atoms with van der Waals surface area (Å²) in [4.78, 5) is 13.3. The third-order valence-electron chi connectivity index (χ3n) is 3.45. The van der Waals surface area contributed by atoms with Gasteiger partial charge in [0, 0.05) is 27.1 Å². The zero-order chi connectivity index (χ0) is 12.0. The number of rotatable bonds is 5. The van der Waals surface area contributed by atoms with Crippen LogP contribution in [0, 0.1) is 5.92 Å². The van der Waals surface area contributed by atoms with E-state index in [9.17, 15) is 4.79 Å². The van der Waals surface area contributed by atoms with Gasteiger partial charge < -0.3 is 14.7 Å². The molecule has 0 radical (unpaired) electrons. The number of methoxy groups -OCH3 is 1. The topological polar surface area (TPSA) is 49.8 Å². The Labute approximate surface area is 97.6 Å². The van der Waals surface area contributed by atoms with Crippen molar-refractivity contribution in [3.63, 3.8) is 0 Å². The molecule has 0 aromatic carbocycles. The Morgan fingerprint density at radius 2 is 2.00 bits per heavy atom. The first-order valence-corrected chi connectivity index (χ1v) is 6.05. The second kappa shape index (κ2) is 6.86. The summed E-state index contributed by atoms with van der Waals surface area (Å²) in [7, 11) is 3.50. The molecule has 0 aromatic rings. The van der Waals surface area contributed by atoms with Crippen LogP contribution in [0.3, 0.4) is 0 Å². The summed E-state index contributed by atoms with van der Waals surface area (Å²) in [5.41, 5.74) is 0. The minimum Gasteiger partial charge on any atom is -0.395 e. The van der Waals surface area contributed by atoms with Crippen LogP contribution < -0.4 is 0 Å². The van der Waals surface area contributed by atoms with Gasteiger partial charge in [0.25, 0.3) is 0 Å². The van der Waals surface area contributed by atoms with Gasteiger partial charge >= 0.3 is 0 Å². The second-order valence-electron chi connectivity index (χ2n) is 4.62. The number of hydrogen-bond donors (Lipinski definition) is 1. The van der Waals surface area contributed by atoms with Crippen molar-refractivity contribution >= 4 is 5.91 Å². The average molecular weight is 229 g/mol. The normalized spacial score (nSPS) is 25.4. The molecule has 4 heteroatoms. The molecule has 16 heavy (non-hydrogen) atoms. The first-order valence-electron chi connectivity index (χ1n) is 6.05. The standard InChI is InChI=1S/C12H23NO3/c1-13(7-8-14)12(15)9-10-3-5-11(16-2)6-4-10/h10-11,14H,3-9H2,1-2H3. The van der Waals surface area contributed by atoms with E-state index < -0.39 is 0 Å². The Hall–Kier alpha value is -0.610. The molecule has 4 nitrogen and oxygen atoms in total. The molecule has 0 atom stereocenters.